The van der Waals surface area contributed by atoms with E-state index in [1.807, 2.05) is 0 Å². The summed E-state index contributed by atoms with van der Waals surface area (Å²) in [5, 5.41) is 22.9. The summed E-state index contributed by atoms with van der Waals surface area (Å²) in [4.78, 5) is 19.0. The van der Waals surface area contributed by atoms with Crippen LogP contribution in [0.3, 0.4) is 0 Å². The van der Waals surface area contributed by atoms with Crippen molar-refractivity contribution in [2.45, 2.75) is 0 Å². The number of hydrogen-bond donors (Lipinski definition) is 4. The molecule has 0 saturated carbocycles. The van der Waals surface area contributed by atoms with Gasteiger partial charge >= 0.3 is 6.16 Å². The predicted octanol–water partition coefficient (Wildman–Crippen LogP) is 0.714. The molecule has 0 bridgehead atoms. The lowest BCUT2D eigenvalue weighted by molar-refractivity contribution is 0.0997. The Morgan fingerprint density at radius 3 is 1.86 bits per heavy atom. The summed E-state index contributed by atoms with van der Waals surface area (Å²) < 4.78 is 0. The quantitative estimate of drug-likeness (QED) is 0.530. The SMILES string of the molecule is NC(=O)c1ccccc1O.O=C(O)O. The Balaban J connectivity index is 0.000000364. The van der Waals surface area contributed by atoms with E-state index in [0.29, 0.717) is 0 Å². The molecule has 0 aliphatic rings. The lowest BCUT2D eigenvalue weighted by atomic mass is 10.2. The molecule has 0 atom stereocenters. The molecular weight excluding hydrogens is 190 g/mol. The molecule has 0 spiro atoms. The summed E-state index contributed by atoms with van der Waals surface area (Å²) >= 11 is 0. The van der Waals surface area contributed by atoms with Crippen LogP contribution in [-0.4, -0.2) is 27.4 Å². The first-order valence-electron chi connectivity index (χ1n) is 3.45. The third kappa shape index (κ3) is 4.60. The number of benzene rings is 1. The fraction of sp³-hybridized carbons (Fsp3) is 0. The minimum absolute atomic E-state index is 0.0741. The summed E-state index contributed by atoms with van der Waals surface area (Å²) in [6.45, 7) is 0. The van der Waals surface area contributed by atoms with Crippen molar-refractivity contribution in [3.8, 4) is 5.75 Å². The number of phenols is 1. The molecule has 0 unspecified atom stereocenters. The highest BCUT2D eigenvalue weighted by Crippen LogP contribution is 2.13. The summed E-state index contributed by atoms with van der Waals surface area (Å²) in [7, 11) is 0. The fourth-order valence-corrected chi connectivity index (χ4v) is 0.682. The predicted molar refractivity (Wildman–Crippen MR) is 47.3 cm³/mol. The molecule has 0 aliphatic carbocycles. The van der Waals surface area contributed by atoms with Crippen molar-refractivity contribution in [1.29, 1.82) is 0 Å². The van der Waals surface area contributed by atoms with E-state index in [2.05, 4.69) is 0 Å². The third-order valence-electron chi connectivity index (χ3n) is 1.17. The number of aromatic hydroxyl groups is 1. The van der Waals surface area contributed by atoms with Gasteiger partial charge in [-0.05, 0) is 12.1 Å². The van der Waals surface area contributed by atoms with Crippen LogP contribution in [0.5, 0.6) is 5.75 Å². The van der Waals surface area contributed by atoms with Crippen molar-refractivity contribution in [3.05, 3.63) is 29.8 Å². The summed E-state index contributed by atoms with van der Waals surface area (Å²) in [6.07, 6.45) is -1.83. The number of rotatable bonds is 1. The van der Waals surface area contributed by atoms with E-state index in [4.69, 9.17) is 25.8 Å². The highest BCUT2D eigenvalue weighted by atomic mass is 16.6. The van der Waals surface area contributed by atoms with Crippen LogP contribution in [0.25, 0.3) is 0 Å². The van der Waals surface area contributed by atoms with Gasteiger partial charge < -0.3 is 21.1 Å². The third-order valence-corrected chi connectivity index (χ3v) is 1.17. The largest absolute Gasteiger partial charge is 0.507 e. The molecule has 0 aliphatic heterocycles. The van der Waals surface area contributed by atoms with Crippen LogP contribution >= 0.6 is 0 Å². The zero-order valence-electron chi connectivity index (χ0n) is 7.04. The Bertz CT molecular complexity index is 332. The van der Waals surface area contributed by atoms with Crippen LogP contribution in [0.15, 0.2) is 24.3 Å². The molecule has 0 fully saturated rings. The van der Waals surface area contributed by atoms with Crippen LogP contribution in [0.4, 0.5) is 4.79 Å². The van der Waals surface area contributed by atoms with Gasteiger partial charge in [-0.15, -0.1) is 0 Å². The smallest absolute Gasteiger partial charge is 0.503 e. The van der Waals surface area contributed by atoms with Gasteiger partial charge in [0, 0.05) is 0 Å². The van der Waals surface area contributed by atoms with Crippen LogP contribution in [0, 0.1) is 0 Å². The van der Waals surface area contributed by atoms with Gasteiger partial charge in [-0.1, -0.05) is 12.1 Å². The molecule has 6 nitrogen and oxygen atoms in total. The van der Waals surface area contributed by atoms with Gasteiger partial charge in [-0.25, -0.2) is 4.79 Å². The molecule has 0 radical (unpaired) electrons. The van der Waals surface area contributed by atoms with Crippen LogP contribution in [-0.2, 0) is 0 Å². The van der Waals surface area contributed by atoms with E-state index < -0.39 is 12.1 Å². The number of carbonyl (C=O) groups is 2. The van der Waals surface area contributed by atoms with Crippen molar-refractivity contribution >= 4 is 12.1 Å². The lowest BCUT2D eigenvalue weighted by Gasteiger charge is -1.96. The summed E-state index contributed by atoms with van der Waals surface area (Å²) in [6, 6.07) is 6.15. The molecule has 1 amide bonds. The van der Waals surface area contributed by atoms with Crippen molar-refractivity contribution in [3.63, 3.8) is 0 Å². The van der Waals surface area contributed by atoms with E-state index >= 15 is 0 Å². The molecule has 1 aromatic rings. The van der Waals surface area contributed by atoms with Crippen molar-refractivity contribution in [1.82, 2.24) is 0 Å². The normalized spacial score (nSPS) is 8.29. The number of carboxylic acid groups (broad SMARTS) is 2. The minimum Gasteiger partial charge on any atom is -0.507 e. The average Bonchev–Trinajstić information content (AvgIpc) is 2.03. The zero-order valence-corrected chi connectivity index (χ0v) is 7.04. The molecule has 14 heavy (non-hydrogen) atoms. The van der Waals surface area contributed by atoms with Gasteiger partial charge in [0.1, 0.15) is 5.75 Å². The average molecular weight is 199 g/mol. The van der Waals surface area contributed by atoms with Crippen molar-refractivity contribution < 1.29 is 24.9 Å². The Morgan fingerprint density at radius 1 is 1.14 bits per heavy atom. The molecule has 0 saturated heterocycles. The zero-order chi connectivity index (χ0) is 11.1. The molecule has 6 heteroatoms. The molecule has 1 rings (SSSR count). The number of hydrogen-bond acceptors (Lipinski definition) is 3. The maximum atomic E-state index is 10.5. The molecule has 76 valence electrons. The number of primary amides is 1. The standard InChI is InChI=1S/C7H7NO2.CH2O3/c8-7(10)5-3-1-2-4-6(5)9;2-1(3)4/h1-4,9H,(H2,8,10);(H2,2,3,4). The number of carbonyl (C=O) groups excluding carboxylic acids is 1. The van der Waals surface area contributed by atoms with Gasteiger partial charge in [-0.2, -0.15) is 0 Å². The lowest BCUT2D eigenvalue weighted by Crippen LogP contribution is -2.10. The van der Waals surface area contributed by atoms with E-state index in [9.17, 15) is 4.79 Å². The minimum atomic E-state index is -1.83. The number of nitrogens with two attached hydrogens (primary N) is 1. The Kier molecular flexibility index (Phi) is 4.55. The van der Waals surface area contributed by atoms with E-state index in [1.165, 1.54) is 12.1 Å². The van der Waals surface area contributed by atoms with Crippen LogP contribution in [0.2, 0.25) is 0 Å². The first-order valence-corrected chi connectivity index (χ1v) is 3.45. The summed E-state index contributed by atoms with van der Waals surface area (Å²) in [5.41, 5.74) is 5.07. The molecule has 0 aromatic heterocycles. The van der Waals surface area contributed by atoms with E-state index in [1.54, 1.807) is 12.1 Å². The molecule has 0 heterocycles. The second-order valence-corrected chi connectivity index (χ2v) is 2.16. The monoisotopic (exact) mass is 199 g/mol. The molecule has 5 N–H and O–H groups in total. The highest BCUT2D eigenvalue weighted by molar-refractivity contribution is 5.95. The molecule has 1 aromatic carbocycles. The Labute approximate surface area is 79.2 Å². The van der Waals surface area contributed by atoms with Gasteiger partial charge in [0.05, 0.1) is 5.56 Å². The Morgan fingerprint density at radius 2 is 1.57 bits per heavy atom. The van der Waals surface area contributed by atoms with E-state index in [-0.39, 0.29) is 11.3 Å². The van der Waals surface area contributed by atoms with Gasteiger partial charge in [0.2, 0.25) is 0 Å². The van der Waals surface area contributed by atoms with Gasteiger partial charge in [0.25, 0.3) is 5.91 Å². The summed E-state index contributed by atoms with van der Waals surface area (Å²) in [5.74, 6) is -0.687. The van der Waals surface area contributed by atoms with Crippen LogP contribution in [0.1, 0.15) is 10.4 Å². The Hall–Kier alpha value is -2.24. The van der Waals surface area contributed by atoms with Gasteiger partial charge in [-0.3, -0.25) is 4.79 Å². The number of amides is 1. The highest BCUT2D eigenvalue weighted by Gasteiger charge is 2.03. The maximum Gasteiger partial charge on any atom is 0.503 e. The molecular formula is C8H9NO5. The van der Waals surface area contributed by atoms with Gasteiger partial charge in [0.15, 0.2) is 0 Å². The maximum absolute atomic E-state index is 10.5. The topological polar surface area (TPSA) is 121 Å². The van der Waals surface area contributed by atoms with Crippen molar-refractivity contribution in [2.75, 3.05) is 0 Å². The number of para-hydroxylation sites is 1. The first-order chi connectivity index (χ1) is 6.45. The second-order valence-electron chi connectivity index (χ2n) is 2.16. The first kappa shape index (κ1) is 11.8. The van der Waals surface area contributed by atoms with E-state index in [0.717, 1.165) is 0 Å². The van der Waals surface area contributed by atoms with Crippen LogP contribution < -0.4 is 5.73 Å². The van der Waals surface area contributed by atoms with Crippen molar-refractivity contribution in [2.24, 2.45) is 5.73 Å². The second kappa shape index (κ2) is 5.41. The fourth-order valence-electron chi connectivity index (χ4n) is 0.682.